The Kier molecular flexibility index (Phi) is 2.97. The third-order valence-electron chi connectivity index (χ3n) is 2.25. The second kappa shape index (κ2) is 4.41. The lowest BCUT2D eigenvalue weighted by Crippen LogP contribution is -2.41. The molecule has 0 heterocycles. The minimum Gasteiger partial charge on any atom is -0.253 e. The highest BCUT2D eigenvalue weighted by molar-refractivity contribution is 9.10. The molecule has 0 saturated carbocycles. The molecule has 0 aromatic heterocycles. The van der Waals surface area contributed by atoms with Crippen LogP contribution in [0.25, 0.3) is 0 Å². The van der Waals surface area contributed by atoms with Crippen LogP contribution >= 0.6 is 15.9 Å². The normalized spacial score (nSPS) is 9.93. The fraction of sp³-hybridized carbons (Fsp3) is 0. The largest absolute Gasteiger partial charge is 0.253 e. The van der Waals surface area contributed by atoms with Gasteiger partial charge in [-0.1, -0.05) is 30.3 Å². The van der Waals surface area contributed by atoms with Crippen LogP contribution in [0.5, 0.6) is 0 Å². The van der Waals surface area contributed by atoms with E-state index in [9.17, 15) is 0 Å². The zero-order chi connectivity index (χ0) is 10.7. The second-order valence-corrected chi connectivity index (χ2v) is 4.11. The minimum absolute atomic E-state index is 0.795. The quantitative estimate of drug-likeness (QED) is 0.801. The maximum atomic E-state index is 6.10. The van der Waals surface area contributed by atoms with Crippen molar-refractivity contribution in [1.29, 1.82) is 0 Å². The van der Waals surface area contributed by atoms with E-state index < -0.39 is 0 Å². The van der Waals surface area contributed by atoms with Crippen LogP contribution in [-0.2, 0) is 0 Å². The van der Waals surface area contributed by atoms with Crippen LogP contribution < -0.4 is 5.41 Å². The fourth-order valence-electron chi connectivity index (χ4n) is 1.45. The summed E-state index contributed by atoms with van der Waals surface area (Å²) in [4.78, 5) is 0. The molecule has 0 spiro atoms. The van der Waals surface area contributed by atoms with Crippen LogP contribution in [0.4, 0.5) is 0 Å². The number of halogens is 1. The Hall–Kier alpha value is -1.41. The minimum atomic E-state index is 0.795. The van der Waals surface area contributed by atoms with Crippen molar-refractivity contribution in [3.8, 4) is 0 Å². The molecule has 0 atom stereocenters. The highest BCUT2D eigenvalue weighted by Gasteiger charge is 2.12. The van der Waals surface area contributed by atoms with Gasteiger partial charge in [0.25, 0.3) is 0 Å². The van der Waals surface area contributed by atoms with E-state index in [-0.39, 0.29) is 0 Å². The van der Waals surface area contributed by atoms with Crippen molar-refractivity contribution in [2.24, 2.45) is 0 Å². The summed E-state index contributed by atoms with van der Waals surface area (Å²) in [6.07, 6.45) is 0. The molecule has 2 N–H and O–H groups in total. The van der Waals surface area contributed by atoms with Crippen LogP contribution in [0.15, 0.2) is 59.1 Å². The second-order valence-electron chi connectivity index (χ2n) is 3.26. The fourth-order valence-corrected chi connectivity index (χ4v) is 1.95. The van der Waals surface area contributed by atoms with Crippen LogP contribution in [0.2, 0.25) is 0 Å². The van der Waals surface area contributed by atoms with Crippen LogP contribution in [0.1, 0.15) is 11.1 Å². The molecular formula is C13H11BrN+. The molecule has 0 amide bonds. The van der Waals surface area contributed by atoms with Gasteiger partial charge in [-0.05, 0) is 40.2 Å². The van der Waals surface area contributed by atoms with Crippen molar-refractivity contribution in [2.45, 2.75) is 0 Å². The Bertz CT molecular complexity index is 477. The number of hydrogen-bond donors (Lipinski definition) is 1. The molecule has 0 fully saturated rings. The SMILES string of the molecule is [NH2+]=C(c1ccccc1)c1ccccc1Br. The smallest absolute Gasteiger partial charge is 0.212 e. The van der Waals surface area contributed by atoms with Gasteiger partial charge < -0.3 is 0 Å². The van der Waals surface area contributed by atoms with Gasteiger partial charge in [-0.2, -0.15) is 0 Å². The Morgan fingerprint density at radius 1 is 0.867 bits per heavy atom. The summed E-state index contributed by atoms with van der Waals surface area (Å²) in [5.74, 6) is 0. The van der Waals surface area contributed by atoms with E-state index >= 15 is 0 Å². The van der Waals surface area contributed by atoms with Gasteiger partial charge in [-0.25, -0.2) is 0 Å². The standard InChI is InChI=1S/C13H10BrN/c14-12-9-5-4-8-11(12)13(15)10-6-2-1-3-7-10/h1-9,15H/p+1. The third-order valence-corrected chi connectivity index (χ3v) is 2.94. The van der Waals surface area contributed by atoms with E-state index in [1.165, 1.54) is 0 Å². The molecule has 1 nitrogen and oxygen atoms in total. The Labute approximate surface area is 97.4 Å². The average Bonchev–Trinajstić information content (AvgIpc) is 2.30. The molecule has 2 rings (SSSR count). The van der Waals surface area contributed by atoms with E-state index in [0.29, 0.717) is 0 Å². The maximum absolute atomic E-state index is 6.10. The van der Waals surface area contributed by atoms with Crippen molar-refractivity contribution in [1.82, 2.24) is 0 Å². The van der Waals surface area contributed by atoms with Gasteiger partial charge in [-0.3, -0.25) is 5.41 Å². The summed E-state index contributed by atoms with van der Waals surface area (Å²) in [6, 6.07) is 17.9. The summed E-state index contributed by atoms with van der Waals surface area (Å²) in [5.41, 5.74) is 2.87. The third kappa shape index (κ3) is 2.16. The predicted molar refractivity (Wildman–Crippen MR) is 65.7 cm³/mol. The van der Waals surface area contributed by atoms with Gasteiger partial charge >= 0.3 is 0 Å². The topological polar surface area (TPSA) is 25.6 Å². The predicted octanol–water partition coefficient (Wildman–Crippen LogP) is 2.05. The Morgan fingerprint density at radius 2 is 1.47 bits per heavy atom. The van der Waals surface area contributed by atoms with Crippen molar-refractivity contribution in [2.75, 3.05) is 0 Å². The van der Waals surface area contributed by atoms with Crippen LogP contribution in [0.3, 0.4) is 0 Å². The summed E-state index contributed by atoms with van der Waals surface area (Å²) in [5, 5.41) is 6.10. The van der Waals surface area contributed by atoms with Gasteiger partial charge in [-0.15, -0.1) is 0 Å². The van der Waals surface area contributed by atoms with Crippen molar-refractivity contribution in [3.05, 3.63) is 70.2 Å². The molecule has 0 bridgehead atoms. The zero-order valence-electron chi connectivity index (χ0n) is 8.15. The van der Waals surface area contributed by atoms with Gasteiger partial charge in [0.15, 0.2) is 0 Å². The monoisotopic (exact) mass is 260 g/mol. The summed E-state index contributed by atoms with van der Waals surface area (Å²) >= 11 is 3.49. The lowest BCUT2D eigenvalue weighted by Gasteiger charge is -2.01. The molecule has 2 aromatic rings. The molecule has 2 aromatic carbocycles. The lowest BCUT2D eigenvalue weighted by molar-refractivity contribution is -0.111. The first-order chi connectivity index (χ1) is 7.29. The molecule has 74 valence electrons. The molecule has 2 heteroatoms. The summed E-state index contributed by atoms with van der Waals surface area (Å²) in [6.45, 7) is 0. The summed E-state index contributed by atoms with van der Waals surface area (Å²) in [7, 11) is 0. The number of nitrogens with two attached hydrogens (primary N) is 1. The molecule has 15 heavy (non-hydrogen) atoms. The number of benzene rings is 2. The van der Waals surface area contributed by atoms with Crippen molar-refractivity contribution >= 4 is 21.6 Å². The molecule has 0 radical (unpaired) electrons. The average molecular weight is 261 g/mol. The van der Waals surface area contributed by atoms with Gasteiger partial charge in [0.2, 0.25) is 5.71 Å². The Balaban J connectivity index is 2.42. The molecule has 0 aliphatic heterocycles. The highest BCUT2D eigenvalue weighted by atomic mass is 79.9. The first-order valence-electron chi connectivity index (χ1n) is 4.72. The molecule has 0 saturated heterocycles. The molecule has 0 aliphatic carbocycles. The van der Waals surface area contributed by atoms with Crippen LogP contribution in [0, 0.1) is 0 Å². The van der Waals surface area contributed by atoms with Gasteiger partial charge in [0, 0.05) is 10.0 Å². The number of rotatable bonds is 2. The maximum Gasteiger partial charge on any atom is 0.212 e. The molecule has 0 unspecified atom stereocenters. The van der Waals surface area contributed by atoms with Crippen LogP contribution in [-0.4, -0.2) is 5.71 Å². The van der Waals surface area contributed by atoms with Gasteiger partial charge in [0.1, 0.15) is 0 Å². The van der Waals surface area contributed by atoms with E-state index in [2.05, 4.69) is 15.9 Å². The summed E-state index contributed by atoms with van der Waals surface area (Å²) < 4.78 is 1.02. The van der Waals surface area contributed by atoms with E-state index in [0.717, 1.165) is 21.3 Å². The first-order valence-corrected chi connectivity index (χ1v) is 5.51. The number of hydrogen-bond acceptors (Lipinski definition) is 0. The highest BCUT2D eigenvalue weighted by Crippen LogP contribution is 2.18. The van der Waals surface area contributed by atoms with E-state index in [4.69, 9.17) is 5.41 Å². The first kappa shape index (κ1) is 10.1. The Morgan fingerprint density at radius 3 is 2.13 bits per heavy atom. The van der Waals surface area contributed by atoms with Crippen molar-refractivity contribution < 1.29 is 5.41 Å². The van der Waals surface area contributed by atoms with Crippen molar-refractivity contribution in [3.63, 3.8) is 0 Å². The molecular weight excluding hydrogens is 250 g/mol. The zero-order valence-corrected chi connectivity index (χ0v) is 9.74. The lowest BCUT2D eigenvalue weighted by atomic mass is 10.0. The molecule has 0 aliphatic rings. The van der Waals surface area contributed by atoms with E-state index in [1.54, 1.807) is 0 Å². The van der Waals surface area contributed by atoms with E-state index in [1.807, 2.05) is 54.6 Å². The van der Waals surface area contributed by atoms with Gasteiger partial charge in [0.05, 0.1) is 5.56 Å².